The predicted molar refractivity (Wildman–Crippen MR) is 116 cm³/mol. The van der Waals surface area contributed by atoms with E-state index in [1.807, 2.05) is 12.1 Å². The molecule has 0 spiro atoms. The summed E-state index contributed by atoms with van der Waals surface area (Å²) in [6.07, 6.45) is 0.910. The highest BCUT2D eigenvalue weighted by atomic mass is 79.9. The molecule has 2 aromatic carbocycles. The molecule has 0 fully saturated rings. The average molecular weight is 443 g/mol. The first-order valence-electron chi connectivity index (χ1n) is 9.09. The average Bonchev–Trinajstić information content (AvgIpc) is 3.01. The van der Waals surface area contributed by atoms with Crippen molar-refractivity contribution in [3.05, 3.63) is 73.3 Å². The van der Waals surface area contributed by atoms with E-state index in [9.17, 15) is 4.79 Å². The highest BCUT2D eigenvalue weighted by Crippen LogP contribution is 2.28. The van der Waals surface area contributed by atoms with Crippen molar-refractivity contribution in [1.82, 2.24) is 4.57 Å². The SMILES string of the molecule is CCc1sc(=NC(=O)c2cccc(Br)c2)n(CC)c1-c1ccc(C)c(C)c1. The van der Waals surface area contributed by atoms with Crippen LogP contribution in [0.1, 0.15) is 40.2 Å². The van der Waals surface area contributed by atoms with Crippen LogP contribution in [-0.2, 0) is 13.0 Å². The summed E-state index contributed by atoms with van der Waals surface area (Å²) in [5, 5.41) is 0. The predicted octanol–water partition coefficient (Wildman–Crippen LogP) is 5.92. The largest absolute Gasteiger partial charge is 0.316 e. The minimum Gasteiger partial charge on any atom is -0.316 e. The van der Waals surface area contributed by atoms with Gasteiger partial charge in [-0.05, 0) is 68.1 Å². The Hall–Kier alpha value is -1.98. The molecule has 1 amide bonds. The Bertz CT molecular complexity index is 1060. The summed E-state index contributed by atoms with van der Waals surface area (Å²) in [6.45, 7) is 9.27. The van der Waals surface area contributed by atoms with Gasteiger partial charge in [0.2, 0.25) is 0 Å². The van der Waals surface area contributed by atoms with Gasteiger partial charge in [-0.25, -0.2) is 0 Å². The molecule has 3 aromatic rings. The molecule has 140 valence electrons. The third-order valence-electron chi connectivity index (χ3n) is 4.67. The number of carbonyl (C=O) groups is 1. The first kappa shape index (κ1) is 19.8. The maximum absolute atomic E-state index is 12.7. The number of aromatic nitrogens is 1. The monoisotopic (exact) mass is 442 g/mol. The molecule has 5 heteroatoms. The van der Waals surface area contributed by atoms with Crippen LogP contribution in [0.2, 0.25) is 0 Å². The van der Waals surface area contributed by atoms with Crippen molar-refractivity contribution in [2.45, 2.75) is 40.7 Å². The van der Waals surface area contributed by atoms with E-state index in [-0.39, 0.29) is 5.91 Å². The van der Waals surface area contributed by atoms with Crippen molar-refractivity contribution < 1.29 is 4.79 Å². The van der Waals surface area contributed by atoms with E-state index in [1.165, 1.54) is 27.3 Å². The lowest BCUT2D eigenvalue weighted by Gasteiger charge is -2.10. The van der Waals surface area contributed by atoms with Gasteiger partial charge >= 0.3 is 0 Å². The molecule has 3 rings (SSSR count). The van der Waals surface area contributed by atoms with E-state index >= 15 is 0 Å². The lowest BCUT2D eigenvalue weighted by atomic mass is 10.0. The molecule has 27 heavy (non-hydrogen) atoms. The second-order valence-electron chi connectivity index (χ2n) is 6.48. The molecule has 3 nitrogen and oxygen atoms in total. The molecular formula is C22H23BrN2OS. The maximum Gasteiger partial charge on any atom is 0.279 e. The molecule has 0 saturated heterocycles. The summed E-state index contributed by atoms with van der Waals surface area (Å²) in [5.74, 6) is -0.214. The second kappa shape index (κ2) is 8.36. The van der Waals surface area contributed by atoms with Gasteiger partial charge in [-0.15, -0.1) is 11.3 Å². The Kier molecular flexibility index (Phi) is 6.12. The molecule has 0 aliphatic carbocycles. The fraction of sp³-hybridized carbons (Fsp3) is 0.273. The number of benzene rings is 2. The van der Waals surface area contributed by atoms with Gasteiger partial charge in [0, 0.05) is 21.5 Å². The fourth-order valence-corrected chi connectivity index (χ4v) is 4.60. The summed E-state index contributed by atoms with van der Waals surface area (Å²) < 4.78 is 3.03. The van der Waals surface area contributed by atoms with Crippen molar-refractivity contribution in [2.75, 3.05) is 0 Å². The van der Waals surface area contributed by atoms with Crippen LogP contribution >= 0.6 is 27.3 Å². The van der Waals surface area contributed by atoms with E-state index in [1.54, 1.807) is 23.5 Å². The molecule has 0 saturated carbocycles. The topological polar surface area (TPSA) is 34.4 Å². The van der Waals surface area contributed by atoms with Crippen molar-refractivity contribution >= 4 is 33.2 Å². The van der Waals surface area contributed by atoms with Crippen LogP contribution in [0.5, 0.6) is 0 Å². The zero-order chi connectivity index (χ0) is 19.6. The highest BCUT2D eigenvalue weighted by molar-refractivity contribution is 9.10. The summed E-state index contributed by atoms with van der Waals surface area (Å²) in [5.41, 5.74) is 5.50. The van der Waals surface area contributed by atoms with Crippen LogP contribution in [0.15, 0.2) is 51.9 Å². The quantitative estimate of drug-likeness (QED) is 0.493. The number of aryl methyl sites for hydroxylation is 3. The highest BCUT2D eigenvalue weighted by Gasteiger charge is 2.15. The van der Waals surface area contributed by atoms with Gasteiger partial charge in [0.15, 0.2) is 4.80 Å². The van der Waals surface area contributed by atoms with Crippen LogP contribution < -0.4 is 4.80 Å². The summed E-state index contributed by atoms with van der Waals surface area (Å²) in [7, 11) is 0. The number of halogens is 1. The molecule has 0 atom stereocenters. The van der Waals surface area contributed by atoms with Crippen molar-refractivity contribution in [3.8, 4) is 11.3 Å². The van der Waals surface area contributed by atoms with Crippen LogP contribution in [0.3, 0.4) is 0 Å². The number of thiazole rings is 1. The lowest BCUT2D eigenvalue weighted by molar-refractivity contribution is 0.0997. The Labute approximate surface area is 172 Å². The van der Waals surface area contributed by atoms with Crippen LogP contribution in [0, 0.1) is 13.8 Å². The maximum atomic E-state index is 12.7. The Morgan fingerprint density at radius 2 is 1.89 bits per heavy atom. The molecule has 0 aliphatic heterocycles. The molecule has 0 unspecified atom stereocenters. The number of carbonyl (C=O) groups excluding carboxylic acids is 1. The zero-order valence-electron chi connectivity index (χ0n) is 16.0. The van der Waals surface area contributed by atoms with Gasteiger partial charge in [-0.2, -0.15) is 4.99 Å². The molecule has 0 radical (unpaired) electrons. The van der Waals surface area contributed by atoms with E-state index in [4.69, 9.17) is 0 Å². The third-order valence-corrected chi connectivity index (χ3v) is 6.38. The Morgan fingerprint density at radius 1 is 1.11 bits per heavy atom. The van der Waals surface area contributed by atoms with Crippen molar-refractivity contribution in [1.29, 1.82) is 0 Å². The number of hydrogen-bond acceptors (Lipinski definition) is 2. The third kappa shape index (κ3) is 4.14. The van der Waals surface area contributed by atoms with Crippen molar-refractivity contribution in [2.24, 2.45) is 4.99 Å². The Morgan fingerprint density at radius 3 is 2.52 bits per heavy atom. The van der Waals surface area contributed by atoms with E-state index in [0.29, 0.717) is 5.56 Å². The first-order valence-corrected chi connectivity index (χ1v) is 10.7. The Balaban J connectivity index is 2.16. The van der Waals surface area contributed by atoms with E-state index in [2.05, 4.69) is 71.4 Å². The summed E-state index contributed by atoms with van der Waals surface area (Å²) in [6, 6.07) is 13.9. The van der Waals surface area contributed by atoms with Crippen LogP contribution in [0.4, 0.5) is 0 Å². The smallest absolute Gasteiger partial charge is 0.279 e. The molecule has 0 aliphatic rings. The molecule has 0 N–H and O–H groups in total. The first-order chi connectivity index (χ1) is 12.9. The number of nitrogens with zero attached hydrogens (tertiary/aromatic N) is 2. The lowest BCUT2D eigenvalue weighted by Crippen LogP contribution is -2.17. The number of rotatable bonds is 4. The van der Waals surface area contributed by atoms with Gasteiger partial charge in [-0.3, -0.25) is 4.79 Å². The van der Waals surface area contributed by atoms with E-state index < -0.39 is 0 Å². The van der Waals surface area contributed by atoms with Gasteiger partial charge in [0.25, 0.3) is 5.91 Å². The fourth-order valence-electron chi connectivity index (χ4n) is 3.05. The van der Waals surface area contributed by atoms with Crippen LogP contribution in [0.25, 0.3) is 11.3 Å². The normalized spacial score (nSPS) is 11.8. The molecule has 0 bridgehead atoms. The number of amides is 1. The minimum absolute atomic E-state index is 0.214. The summed E-state index contributed by atoms with van der Waals surface area (Å²) >= 11 is 5.02. The minimum atomic E-state index is -0.214. The number of hydrogen-bond donors (Lipinski definition) is 0. The van der Waals surface area contributed by atoms with Crippen molar-refractivity contribution in [3.63, 3.8) is 0 Å². The van der Waals surface area contributed by atoms with Gasteiger partial charge < -0.3 is 4.57 Å². The second-order valence-corrected chi connectivity index (χ2v) is 8.46. The van der Waals surface area contributed by atoms with Gasteiger partial charge in [-0.1, -0.05) is 41.1 Å². The molecule has 1 heterocycles. The van der Waals surface area contributed by atoms with Gasteiger partial charge in [0.1, 0.15) is 0 Å². The standard InChI is InChI=1S/C22H23BrN2OS/c1-5-19-20(16-11-10-14(3)15(4)12-16)25(6-2)22(27-19)24-21(26)17-8-7-9-18(23)13-17/h7-13H,5-6H2,1-4H3. The zero-order valence-corrected chi connectivity index (χ0v) is 18.4. The van der Waals surface area contributed by atoms with Gasteiger partial charge in [0.05, 0.1) is 5.69 Å². The van der Waals surface area contributed by atoms with E-state index in [0.717, 1.165) is 22.2 Å². The van der Waals surface area contributed by atoms with Crippen LogP contribution in [-0.4, -0.2) is 10.5 Å². The molecule has 1 aromatic heterocycles. The molecular weight excluding hydrogens is 420 g/mol. The summed E-state index contributed by atoms with van der Waals surface area (Å²) in [4.78, 5) is 19.1.